The molecule has 4 nitrogen and oxygen atoms in total. The standard InChI is InChI=1S/C20H18N2O2S3/c1-12-7-8-16(27-12)14-10-26-20-18(14)19(23)21-17(22-20)11-25-9-13-5-3-4-6-15(13)24-2/h3-8,10H,9,11H2,1-2H3,(H,21,22,23). The monoisotopic (exact) mass is 414 g/mol. The first-order valence-corrected chi connectivity index (χ1v) is 11.3. The van der Waals surface area contributed by atoms with Gasteiger partial charge >= 0.3 is 0 Å². The van der Waals surface area contributed by atoms with Crippen LogP contribution in [0.3, 0.4) is 0 Å². The van der Waals surface area contributed by atoms with Crippen LogP contribution in [0.4, 0.5) is 0 Å². The lowest BCUT2D eigenvalue weighted by Crippen LogP contribution is -2.10. The molecule has 27 heavy (non-hydrogen) atoms. The second-order valence-electron chi connectivity index (χ2n) is 6.06. The van der Waals surface area contributed by atoms with Gasteiger partial charge in [-0.05, 0) is 25.1 Å². The smallest absolute Gasteiger partial charge is 0.260 e. The van der Waals surface area contributed by atoms with E-state index in [-0.39, 0.29) is 5.56 Å². The number of methoxy groups -OCH3 is 1. The molecule has 0 bridgehead atoms. The first kappa shape index (κ1) is 18.3. The molecule has 0 saturated carbocycles. The van der Waals surface area contributed by atoms with Crippen molar-refractivity contribution in [1.82, 2.24) is 9.97 Å². The van der Waals surface area contributed by atoms with Crippen molar-refractivity contribution in [3.63, 3.8) is 0 Å². The van der Waals surface area contributed by atoms with E-state index in [0.29, 0.717) is 17.0 Å². The van der Waals surface area contributed by atoms with E-state index < -0.39 is 0 Å². The average molecular weight is 415 g/mol. The van der Waals surface area contributed by atoms with E-state index >= 15 is 0 Å². The molecule has 0 unspecified atom stereocenters. The number of fused-ring (bicyclic) bond motifs is 1. The quantitative estimate of drug-likeness (QED) is 0.455. The first-order valence-electron chi connectivity index (χ1n) is 8.42. The molecule has 0 spiro atoms. The van der Waals surface area contributed by atoms with Gasteiger partial charge in [0.1, 0.15) is 16.4 Å². The highest BCUT2D eigenvalue weighted by Crippen LogP contribution is 2.35. The lowest BCUT2D eigenvalue weighted by Gasteiger charge is -2.07. The third kappa shape index (κ3) is 3.81. The molecule has 0 radical (unpaired) electrons. The Morgan fingerprint density at radius 3 is 2.81 bits per heavy atom. The van der Waals surface area contributed by atoms with Crippen LogP contribution in [0.25, 0.3) is 20.7 Å². The van der Waals surface area contributed by atoms with Gasteiger partial charge in [-0.25, -0.2) is 4.98 Å². The first-order chi connectivity index (χ1) is 13.2. The molecule has 3 heterocycles. The maximum absolute atomic E-state index is 12.7. The Morgan fingerprint density at radius 2 is 2.04 bits per heavy atom. The number of benzene rings is 1. The molecule has 0 fully saturated rings. The second-order valence-corrected chi connectivity index (χ2v) is 9.19. The normalized spacial score (nSPS) is 11.2. The summed E-state index contributed by atoms with van der Waals surface area (Å²) in [6, 6.07) is 12.1. The third-order valence-corrected chi connectivity index (χ3v) is 7.09. The number of ether oxygens (including phenoxy) is 1. The molecule has 4 aromatic rings. The number of H-pyrrole nitrogens is 1. The van der Waals surface area contributed by atoms with Gasteiger partial charge in [0.25, 0.3) is 5.56 Å². The van der Waals surface area contributed by atoms with Crippen LogP contribution in [0.5, 0.6) is 5.75 Å². The fraction of sp³-hybridized carbons (Fsp3) is 0.200. The molecule has 0 amide bonds. The molecule has 3 aromatic heterocycles. The van der Waals surface area contributed by atoms with Crippen molar-refractivity contribution in [3.05, 3.63) is 68.4 Å². The molecule has 0 saturated heterocycles. The summed E-state index contributed by atoms with van der Waals surface area (Å²) in [5, 5.41) is 2.73. The Labute approximate surface area is 169 Å². The van der Waals surface area contributed by atoms with E-state index in [2.05, 4.69) is 35.1 Å². The van der Waals surface area contributed by atoms with Crippen LogP contribution in [-0.4, -0.2) is 17.1 Å². The zero-order valence-electron chi connectivity index (χ0n) is 14.9. The lowest BCUT2D eigenvalue weighted by atomic mass is 10.2. The van der Waals surface area contributed by atoms with E-state index in [1.54, 1.807) is 30.2 Å². The van der Waals surface area contributed by atoms with Gasteiger partial charge in [-0.3, -0.25) is 4.79 Å². The van der Waals surface area contributed by atoms with Crippen molar-refractivity contribution in [3.8, 4) is 16.2 Å². The van der Waals surface area contributed by atoms with E-state index in [4.69, 9.17) is 4.74 Å². The average Bonchev–Trinajstić information content (AvgIpc) is 3.28. The molecule has 1 aromatic carbocycles. The van der Waals surface area contributed by atoms with Crippen LogP contribution in [0, 0.1) is 6.92 Å². The van der Waals surface area contributed by atoms with Gasteiger partial charge in [-0.1, -0.05) is 18.2 Å². The molecular weight excluding hydrogens is 396 g/mol. The molecule has 0 aliphatic heterocycles. The summed E-state index contributed by atoms with van der Waals surface area (Å²) < 4.78 is 5.39. The number of aromatic amines is 1. The van der Waals surface area contributed by atoms with Crippen LogP contribution in [-0.2, 0) is 11.5 Å². The number of nitrogens with one attached hydrogen (secondary N) is 1. The molecule has 7 heteroatoms. The topological polar surface area (TPSA) is 55.0 Å². The second kappa shape index (κ2) is 7.88. The predicted molar refractivity (Wildman–Crippen MR) is 116 cm³/mol. The van der Waals surface area contributed by atoms with Crippen LogP contribution < -0.4 is 10.3 Å². The molecular formula is C20H18N2O2S3. The number of para-hydroxylation sites is 1. The molecule has 0 aliphatic carbocycles. The maximum Gasteiger partial charge on any atom is 0.260 e. The van der Waals surface area contributed by atoms with Crippen LogP contribution in [0.15, 0.2) is 46.6 Å². The Kier molecular flexibility index (Phi) is 5.33. The minimum absolute atomic E-state index is 0.0600. The van der Waals surface area contributed by atoms with Crippen molar-refractivity contribution in [1.29, 1.82) is 0 Å². The fourth-order valence-electron chi connectivity index (χ4n) is 2.90. The Balaban J connectivity index is 1.55. The third-order valence-electron chi connectivity index (χ3n) is 4.19. The summed E-state index contributed by atoms with van der Waals surface area (Å²) in [4.78, 5) is 23.5. The van der Waals surface area contributed by atoms with Gasteiger partial charge in [-0.15, -0.1) is 34.4 Å². The summed E-state index contributed by atoms with van der Waals surface area (Å²) in [6.45, 7) is 2.07. The maximum atomic E-state index is 12.7. The van der Waals surface area contributed by atoms with Gasteiger partial charge in [0, 0.05) is 32.0 Å². The summed E-state index contributed by atoms with van der Waals surface area (Å²) in [5.41, 5.74) is 2.06. The van der Waals surface area contributed by atoms with Gasteiger partial charge in [0.05, 0.1) is 18.2 Å². The summed E-state index contributed by atoms with van der Waals surface area (Å²) in [7, 11) is 1.68. The minimum Gasteiger partial charge on any atom is -0.496 e. The fourth-order valence-corrected chi connectivity index (χ4v) is 5.72. The van der Waals surface area contributed by atoms with Crippen molar-refractivity contribution in [2.24, 2.45) is 0 Å². The van der Waals surface area contributed by atoms with Gasteiger partial charge in [0.15, 0.2) is 0 Å². The van der Waals surface area contributed by atoms with Crippen molar-refractivity contribution >= 4 is 44.7 Å². The van der Waals surface area contributed by atoms with Gasteiger partial charge in [0.2, 0.25) is 0 Å². The number of hydrogen-bond donors (Lipinski definition) is 1. The zero-order valence-corrected chi connectivity index (χ0v) is 17.4. The van der Waals surface area contributed by atoms with Crippen molar-refractivity contribution in [2.45, 2.75) is 18.4 Å². The zero-order chi connectivity index (χ0) is 18.8. The van der Waals surface area contributed by atoms with Crippen LogP contribution in [0.1, 0.15) is 16.3 Å². The Bertz CT molecular complexity index is 1140. The number of hydrogen-bond acceptors (Lipinski definition) is 6. The van der Waals surface area contributed by atoms with Crippen LogP contribution >= 0.6 is 34.4 Å². The number of aromatic nitrogens is 2. The van der Waals surface area contributed by atoms with E-state index in [1.807, 2.05) is 23.6 Å². The minimum atomic E-state index is -0.0600. The predicted octanol–water partition coefficient (Wildman–Crippen LogP) is 5.46. The Hall–Kier alpha value is -2.09. The van der Waals surface area contributed by atoms with Gasteiger partial charge < -0.3 is 9.72 Å². The number of nitrogens with zero attached hydrogens (tertiary/aromatic N) is 1. The Morgan fingerprint density at radius 1 is 1.19 bits per heavy atom. The molecule has 0 aliphatic rings. The number of thioether (sulfide) groups is 1. The summed E-state index contributed by atoms with van der Waals surface area (Å²) in [6.07, 6.45) is 0. The SMILES string of the molecule is COc1ccccc1CSCc1nc2scc(-c3ccc(C)s3)c2c(=O)[nH]1. The summed E-state index contributed by atoms with van der Waals surface area (Å²) in [5.74, 6) is 3.05. The van der Waals surface area contributed by atoms with Crippen LogP contribution in [0.2, 0.25) is 0 Å². The molecule has 1 N–H and O–H groups in total. The molecule has 0 atom stereocenters. The van der Waals surface area contributed by atoms with E-state index in [0.717, 1.165) is 32.3 Å². The summed E-state index contributed by atoms with van der Waals surface area (Å²) >= 11 is 4.93. The highest BCUT2D eigenvalue weighted by atomic mass is 32.2. The number of rotatable bonds is 6. The lowest BCUT2D eigenvalue weighted by molar-refractivity contribution is 0.411. The highest BCUT2D eigenvalue weighted by molar-refractivity contribution is 7.97. The molecule has 138 valence electrons. The van der Waals surface area contributed by atoms with Crippen molar-refractivity contribution < 1.29 is 4.74 Å². The largest absolute Gasteiger partial charge is 0.496 e. The molecule has 4 rings (SSSR count). The highest BCUT2D eigenvalue weighted by Gasteiger charge is 2.14. The van der Waals surface area contributed by atoms with Gasteiger partial charge in [-0.2, -0.15) is 0 Å². The number of aryl methyl sites for hydroxylation is 1. The van der Waals surface area contributed by atoms with E-state index in [1.165, 1.54) is 16.2 Å². The van der Waals surface area contributed by atoms with Crippen molar-refractivity contribution in [2.75, 3.05) is 7.11 Å². The van der Waals surface area contributed by atoms with E-state index in [9.17, 15) is 4.79 Å². The number of thiophene rings is 2.